The van der Waals surface area contributed by atoms with Crippen molar-refractivity contribution in [3.05, 3.63) is 53.6 Å². The number of nitrogens with two attached hydrogens (primary N) is 2. The van der Waals surface area contributed by atoms with Gasteiger partial charge in [0.05, 0.1) is 10.2 Å². The Hall–Kier alpha value is -2.15. The van der Waals surface area contributed by atoms with Crippen molar-refractivity contribution in [3.63, 3.8) is 0 Å². The predicted molar refractivity (Wildman–Crippen MR) is 102 cm³/mol. The minimum Gasteiger partial charge on any atom is -0.384 e. The van der Waals surface area contributed by atoms with Gasteiger partial charge in [0, 0.05) is 16.7 Å². The van der Waals surface area contributed by atoms with E-state index in [1.807, 2.05) is 36.4 Å². The Kier molecular flexibility index (Phi) is 6.09. The first kappa shape index (κ1) is 18.9. The molecule has 0 amide bonds. The molecule has 8 heteroatoms. The van der Waals surface area contributed by atoms with Crippen LogP contribution in [0.15, 0.2) is 42.5 Å². The zero-order valence-corrected chi connectivity index (χ0v) is 14.3. The first-order valence-corrected chi connectivity index (χ1v) is 7.06. The molecular weight excluding hydrogens is 353 g/mol. The second kappa shape index (κ2) is 7.41. The van der Waals surface area contributed by atoms with E-state index < -0.39 is 0 Å². The zero-order chi connectivity index (χ0) is 15.0. The van der Waals surface area contributed by atoms with Crippen molar-refractivity contribution >= 4 is 58.0 Å². The largest absolute Gasteiger partial charge is 0.384 e. The summed E-state index contributed by atoms with van der Waals surface area (Å²) in [6, 6.07) is 13.0. The summed E-state index contributed by atoms with van der Waals surface area (Å²) in [5, 5.41) is 15.8. The van der Waals surface area contributed by atoms with Crippen molar-refractivity contribution in [1.29, 1.82) is 10.8 Å². The third-order valence-electron chi connectivity index (χ3n) is 3.14. The maximum Gasteiger partial charge on any atom is 0.124 e. The molecular formula is C15H15Cl2N5S. The maximum absolute atomic E-state index is 7.48. The Morgan fingerprint density at radius 2 is 1.43 bits per heavy atom. The number of hydrogen-bond acceptors (Lipinski definition) is 4. The van der Waals surface area contributed by atoms with Gasteiger partial charge < -0.3 is 11.5 Å². The van der Waals surface area contributed by atoms with Crippen LogP contribution in [0.1, 0.15) is 11.1 Å². The molecule has 0 fully saturated rings. The van der Waals surface area contributed by atoms with Gasteiger partial charge in [0.15, 0.2) is 0 Å². The van der Waals surface area contributed by atoms with Gasteiger partial charge in [0.1, 0.15) is 16.7 Å². The van der Waals surface area contributed by atoms with E-state index in [1.54, 1.807) is 17.4 Å². The van der Waals surface area contributed by atoms with E-state index in [1.165, 1.54) is 0 Å². The van der Waals surface area contributed by atoms with Crippen LogP contribution in [0.5, 0.6) is 0 Å². The predicted octanol–water partition coefficient (Wildman–Crippen LogP) is 3.38. The molecule has 120 valence electrons. The fourth-order valence-corrected chi connectivity index (χ4v) is 3.02. The number of fused-ring (bicyclic) bond motifs is 1. The van der Waals surface area contributed by atoms with Crippen LogP contribution in [-0.2, 0) is 0 Å². The quantitative estimate of drug-likeness (QED) is 0.420. The van der Waals surface area contributed by atoms with Crippen LogP contribution in [0.25, 0.3) is 20.8 Å². The molecule has 0 aliphatic rings. The normalized spacial score (nSPS) is 9.74. The molecule has 0 saturated carbocycles. The molecule has 0 aliphatic heterocycles. The molecule has 3 aromatic rings. The van der Waals surface area contributed by atoms with E-state index in [9.17, 15) is 0 Å². The summed E-state index contributed by atoms with van der Waals surface area (Å²) in [5.74, 6) is 0.106. The van der Waals surface area contributed by atoms with Crippen LogP contribution in [0.2, 0.25) is 0 Å². The van der Waals surface area contributed by atoms with Crippen LogP contribution in [0, 0.1) is 10.8 Å². The van der Waals surface area contributed by atoms with E-state index in [4.69, 9.17) is 22.3 Å². The maximum atomic E-state index is 7.48. The average Bonchev–Trinajstić information content (AvgIpc) is 2.90. The number of amidine groups is 2. The first-order chi connectivity index (χ1) is 10.0. The Bertz CT molecular complexity index is 858. The lowest BCUT2D eigenvalue weighted by atomic mass is 10.1. The molecule has 0 bridgehead atoms. The summed E-state index contributed by atoms with van der Waals surface area (Å²) in [4.78, 5) is 4.58. The first-order valence-electron chi connectivity index (χ1n) is 6.24. The van der Waals surface area contributed by atoms with Crippen LogP contribution in [-0.4, -0.2) is 16.7 Å². The summed E-state index contributed by atoms with van der Waals surface area (Å²) >= 11 is 1.55. The summed E-state index contributed by atoms with van der Waals surface area (Å²) in [7, 11) is 0. The second-order valence-electron chi connectivity index (χ2n) is 4.61. The van der Waals surface area contributed by atoms with Crippen molar-refractivity contribution in [3.8, 4) is 10.6 Å². The van der Waals surface area contributed by atoms with E-state index in [0.717, 1.165) is 20.8 Å². The van der Waals surface area contributed by atoms with Gasteiger partial charge in [-0.15, -0.1) is 36.2 Å². The van der Waals surface area contributed by atoms with Gasteiger partial charge in [-0.05, 0) is 18.2 Å². The molecule has 5 nitrogen and oxygen atoms in total. The molecule has 0 atom stereocenters. The summed E-state index contributed by atoms with van der Waals surface area (Å²) < 4.78 is 0.994. The summed E-state index contributed by atoms with van der Waals surface area (Å²) in [6.45, 7) is 0. The van der Waals surface area contributed by atoms with Crippen LogP contribution in [0.4, 0.5) is 0 Å². The number of nitrogen functional groups attached to an aromatic ring is 2. The highest BCUT2D eigenvalue weighted by Gasteiger charge is 2.08. The van der Waals surface area contributed by atoms with Crippen molar-refractivity contribution in [1.82, 2.24) is 4.98 Å². The van der Waals surface area contributed by atoms with Gasteiger partial charge in [0.2, 0.25) is 0 Å². The highest BCUT2D eigenvalue weighted by Crippen LogP contribution is 2.30. The molecule has 1 aromatic heterocycles. The monoisotopic (exact) mass is 367 g/mol. The third-order valence-corrected chi connectivity index (χ3v) is 4.21. The van der Waals surface area contributed by atoms with Crippen LogP contribution in [0.3, 0.4) is 0 Å². The number of hydrogen-bond donors (Lipinski definition) is 4. The molecule has 1 heterocycles. The summed E-state index contributed by atoms with van der Waals surface area (Å²) in [6.07, 6.45) is 0. The molecule has 0 spiro atoms. The lowest BCUT2D eigenvalue weighted by molar-refractivity contribution is 1.41. The number of thiazole rings is 1. The molecule has 0 aliphatic carbocycles. The molecule has 3 rings (SSSR count). The van der Waals surface area contributed by atoms with Gasteiger partial charge in [0.25, 0.3) is 0 Å². The Labute approximate surface area is 149 Å². The van der Waals surface area contributed by atoms with Crippen LogP contribution < -0.4 is 11.5 Å². The fourth-order valence-electron chi connectivity index (χ4n) is 2.01. The summed E-state index contributed by atoms with van der Waals surface area (Å²) in [5.41, 5.74) is 14.2. The standard InChI is InChI=1S/C15H13N5S.2ClH/c16-13(17)8-1-3-9(4-2-8)15-20-11-6-5-10(14(18)19)7-12(11)21-15;;/h1-7H,(H3,16,17)(H3,18,19);2*1H. The molecule has 0 radical (unpaired) electrons. The topological polar surface area (TPSA) is 113 Å². The van der Waals surface area contributed by atoms with E-state index >= 15 is 0 Å². The van der Waals surface area contributed by atoms with E-state index in [2.05, 4.69) is 4.98 Å². The Morgan fingerprint density at radius 3 is 2.00 bits per heavy atom. The number of nitrogens with one attached hydrogen (secondary N) is 2. The Morgan fingerprint density at radius 1 is 0.870 bits per heavy atom. The van der Waals surface area contributed by atoms with Gasteiger partial charge >= 0.3 is 0 Å². The number of rotatable bonds is 3. The Balaban J connectivity index is 0.00000132. The zero-order valence-electron chi connectivity index (χ0n) is 11.9. The SMILES string of the molecule is Cl.Cl.N=C(N)c1ccc(-c2nc3ccc(C(=N)N)cc3s2)cc1. The second-order valence-corrected chi connectivity index (χ2v) is 5.64. The van der Waals surface area contributed by atoms with Crippen molar-refractivity contribution in [2.24, 2.45) is 11.5 Å². The number of aromatic nitrogens is 1. The lowest BCUT2D eigenvalue weighted by Crippen LogP contribution is -2.10. The minimum atomic E-state index is 0. The molecule has 23 heavy (non-hydrogen) atoms. The minimum absolute atomic E-state index is 0. The van der Waals surface area contributed by atoms with Crippen LogP contribution >= 0.6 is 36.2 Å². The fraction of sp³-hybridized carbons (Fsp3) is 0. The van der Waals surface area contributed by atoms with Gasteiger partial charge in [-0.25, -0.2) is 4.98 Å². The van der Waals surface area contributed by atoms with Gasteiger partial charge in [-0.3, -0.25) is 10.8 Å². The number of halogens is 2. The number of nitrogens with zero attached hydrogens (tertiary/aromatic N) is 1. The lowest BCUT2D eigenvalue weighted by Gasteiger charge is -1.99. The highest BCUT2D eigenvalue weighted by molar-refractivity contribution is 7.21. The van der Waals surface area contributed by atoms with E-state index in [0.29, 0.717) is 11.1 Å². The van der Waals surface area contributed by atoms with Gasteiger partial charge in [-0.2, -0.15) is 0 Å². The highest BCUT2D eigenvalue weighted by atomic mass is 35.5. The molecule has 2 aromatic carbocycles. The number of benzene rings is 2. The average molecular weight is 368 g/mol. The third kappa shape index (κ3) is 3.79. The van der Waals surface area contributed by atoms with Crippen molar-refractivity contribution < 1.29 is 0 Å². The molecule has 0 saturated heterocycles. The van der Waals surface area contributed by atoms with Gasteiger partial charge in [-0.1, -0.05) is 24.3 Å². The van der Waals surface area contributed by atoms with Crippen molar-refractivity contribution in [2.75, 3.05) is 0 Å². The molecule has 0 unspecified atom stereocenters. The smallest absolute Gasteiger partial charge is 0.124 e. The van der Waals surface area contributed by atoms with E-state index in [-0.39, 0.29) is 36.5 Å². The molecule has 6 N–H and O–H groups in total. The van der Waals surface area contributed by atoms with Crippen molar-refractivity contribution in [2.45, 2.75) is 0 Å².